The summed E-state index contributed by atoms with van der Waals surface area (Å²) in [6, 6.07) is 33.5. The molecule has 0 spiro atoms. The van der Waals surface area contributed by atoms with E-state index in [4.69, 9.17) is 24.7 Å². The van der Waals surface area contributed by atoms with E-state index in [9.17, 15) is 28.8 Å². The van der Waals surface area contributed by atoms with Crippen LogP contribution >= 0.6 is 11.8 Å². The molecule has 15 heteroatoms. The summed E-state index contributed by atoms with van der Waals surface area (Å²) in [5.74, 6) is -2.63. The number of nitrogens with two attached hydrogens (primary N) is 1. The van der Waals surface area contributed by atoms with Crippen LogP contribution in [0.2, 0.25) is 0 Å². The molecule has 0 aromatic heterocycles. The predicted octanol–water partition coefficient (Wildman–Crippen LogP) is 8.01. The Bertz CT molecular complexity index is 2110. The van der Waals surface area contributed by atoms with Gasteiger partial charge in [-0.1, -0.05) is 116 Å². The first-order valence-corrected chi connectivity index (χ1v) is 22.2. The highest BCUT2D eigenvalue weighted by Gasteiger charge is 2.39. The number of thioether (sulfide) groups is 1. The Labute approximate surface area is 385 Å². The lowest BCUT2D eigenvalue weighted by Crippen LogP contribution is -2.46. The van der Waals surface area contributed by atoms with E-state index in [2.05, 4.69) is 22.5 Å². The van der Waals surface area contributed by atoms with Crippen molar-refractivity contribution in [2.24, 2.45) is 11.7 Å². The van der Waals surface area contributed by atoms with E-state index in [0.717, 1.165) is 16.7 Å². The Morgan fingerprint density at radius 1 is 0.677 bits per heavy atom. The molecule has 4 rings (SSSR count). The van der Waals surface area contributed by atoms with E-state index in [-0.39, 0.29) is 43.9 Å². The molecule has 0 saturated heterocycles. The molecule has 4 aromatic carbocycles. The number of alkyl carbamates (subject to hydrolysis) is 2. The molecule has 4 aromatic rings. The summed E-state index contributed by atoms with van der Waals surface area (Å²) in [4.78, 5) is 78.6. The van der Waals surface area contributed by atoms with Gasteiger partial charge in [-0.25, -0.2) is 19.2 Å². The van der Waals surface area contributed by atoms with E-state index < -0.39 is 69.9 Å². The largest absolute Gasteiger partial charge is 0.460 e. The average Bonchev–Trinajstić information content (AvgIpc) is 3.25. The quantitative estimate of drug-likeness (QED) is 0.0273. The third-order valence-electron chi connectivity index (χ3n) is 9.57. The second kappa shape index (κ2) is 23.9. The molecule has 3 atom stereocenters. The Morgan fingerprint density at radius 3 is 1.65 bits per heavy atom. The number of benzene rings is 4. The lowest BCUT2D eigenvalue weighted by Gasteiger charge is -2.36. The monoisotopic (exact) mass is 908 g/mol. The fourth-order valence-corrected chi connectivity index (χ4v) is 8.30. The van der Waals surface area contributed by atoms with Crippen molar-refractivity contribution in [3.05, 3.63) is 150 Å². The van der Waals surface area contributed by atoms with Gasteiger partial charge in [-0.2, -0.15) is 0 Å². The van der Waals surface area contributed by atoms with Crippen molar-refractivity contribution in [1.82, 2.24) is 16.0 Å². The van der Waals surface area contributed by atoms with Crippen LogP contribution < -0.4 is 26.4 Å². The fourth-order valence-electron chi connectivity index (χ4n) is 6.66. The smallest absolute Gasteiger partial charge is 0.413 e. The molecule has 65 heavy (non-hydrogen) atoms. The van der Waals surface area contributed by atoms with Crippen LogP contribution in [0.25, 0.3) is 0 Å². The minimum atomic E-state index is -1.22. The number of carbonyl (C=O) groups is 6. The zero-order valence-corrected chi connectivity index (χ0v) is 38.6. The van der Waals surface area contributed by atoms with Crippen LogP contribution in [-0.2, 0) is 39.8 Å². The molecule has 5 N–H and O–H groups in total. The summed E-state index contributed by atoms with van der Waals surface area (Å²) in [5, 5.41) is 7.76. The molecule has 14 nitrogen and oxygen atoms in total. The zero-order valence-electron chi connectivity index (χ0n) is 37.8. The van der Waals surface area contributed by atoms with Gasteiger partial charge in [0.2, 0.25) is 5.91 Å². The van der Waals surface area contributed by atoms with Gasteiger partial charge in [0.1, 0.15) is 29.6 Å². The topological polar surface area (TPSA) is 201 Å². The van der Waals surface area contributed by atoms with Crippen molar-refractivity contribution in [3.63, 3.8) is 0 Å². The summed E-state index contributed by atoms with van der Waals surface area (Å²) < 4.78 is 20.6. The Balaban J connectivity index is 1.53. The van der Waals surface area contributed by atoms with Gasteiger partial charge in [0, 0.05) is 25.1 Å². The first-order valence-electron chi connectivity index (χ1n) is 21.2. The number of primary amides is 1. The highest BCUT2D eigenvalue weighted by Crippen LogP contribution is 2.49. The van der Waals surface area contributed by atoms with E-state index in [1.54, 1.807) is 53.7 Å². The maximum atomic E-state index is 14.2. The number of Topliss-reactive ketones (excluding diaryl/α,β-unsaturated/α-hetero) is 1. The molecular formula is C50H60N4O10S. The SMILES string of the molecule is C=CCOC(=O)[C@H](Cc1ccc(OC(=O)N[C@@H](CCNC(=O)OC(C)(C)C)C(=O)C[C@@H](CSC(c2ccccc2)(c2ccccc2)c2ccccc2)C(N)=O)cc1)NC(=O)OC(C)(C)C. The molecule has 0 aliphatic rings. The Hall–Kier alpha value is -6.61. The standard InChI is InChI=1S/C50H60N4O10S/c1-8-30-61-44(57)41(54-47(60)64-49(5,6)7)31-34-24-26-39(27-25-34)62-46(59)53-40(28-29-52-45(58)63-48(2,3)4)42(55)32-35(43(51)56)33-65-50(36-18-12-9-13-19-36,37-20-14-10-15-21-37)38-22-16-11-17-23-38/h8-27,35,40-41H,1,28-33H2,2-7H3,(H2,51,56)(H,52,58)(H,53,59)(H,54,60)/t35-,40-,41-/m0/s1. The molecule has 4 amide bonds. The molecule has 0 aliphatic heterocycles. The highest BCUT2D eigenvalue weighted by atomic mass is 32.2. The van der Waals surface area contributed by atoms with E-state index in [0.29, 0.717) is 5.56 Å². The predicted molar refractivity (Wildman–Crippen MR) is 250 cm³/mol. The van der Waals surface area contributed by atoms with Crippen molar-refractivity contribution >= 4 is 47.7 Å². The molecular weight excluding hydrogens is 849 g/mol. The fraction of sp³-hybridized carbons (Fsp3) is 0.360. The molecule has 0 radical (unpaired) electrons. The normalized spacial score (nSPS) is 12.9. The number of ketones is 1. The first kappa shape index (κ1) is 51.0. The van der Waals surface area contributed by atoms with Crippen LogP contribution in [0.15, 0.2) is 128 Å². The maximum absolute atomic E-state index is 14.2. The second-order valence-electron chi connectivity index (χ2n) is 17.1. The average molecular weight is 909 g/mol. The van der Waals surface area contributed by atoms with Gasteiger partial charge >= 0.3 is 24.2 Å². The van der Waals surface area contributed by atoms with Gasteiger partial charge in [0.25, 0.3) is 0 Å². The van der Waals surface area contributed by atoms with E-state index in [1.165, 1.54) is 30.0 Å². The lowest BCUT2D eigenvalue weighted by atomic mass is 9.84. The zero-order chi connectivity index (χ0) is 47.6. The van der Waals surface area contributed by atoms with Gasteiger partial charge in [-0.05, 0) is 82.3 Å². The summed E-state index contributed by atoms with van der Waals surface area (Å²) >= 11 is 1.48. The van der Waals surface area contributed by atoms with Gasteiger partial charge < -0.3 is 40.6 Å². The summed E-state index contributed by atoms with van der Waals surface area (Å²) in [7, 11) is 0. The van der Waals surface area contributed by atoms with Crippen LogP contribution in [-0.4, -0.2) is 78.1 Å². The second-order valence-corrected chi connectivity index (χ2v) is 18.4. The highest BCUT2D eigenvalue weighted by molar-refractivity contribution is 8.00. The van der Waals surface area contributed by atoms with Gasteiger partial charge in [0.05, 0.1) is 16.7 Å². The van der Waals surface area contributed by atoms with Gasteiger partial charge in [-0.3, -0.25) is 9.59 Å². The van der Waals surface area contributed by atoms with Crippen molar-refractivity contribution in [2.75, 3.05) is 18.9 Å². The van der Waals surface area contributed by atoms with Crippen LogP contribution in [0.3, 0.4) is 0 Å². The van der Waals surface area contributed by atoms with E-state index in [1.807, 2.05) is 91.0 Å². The third-order valence-corrected chi connectivity index (χ3v) is 11.3. The van der Waals surface area contributed by atoms with Crippen molar-refractivity contribution in [1.29, 1.82) is 0 Å². The minimum absolute atomic E-state index is 0.0192. The summed E-state index contributed by atoms with van der Waals surface area (Å²) in [6.45, 7) is 13.6. The van der Waals surface area contributed by atoms with Crippen molar-refractivity contribution in [2.45, 2.75) is 88.8 Å². The Kier molecular flexibility index (Phi) is 18.8. The van der Waals surface area contributed by atoms with Crippen LogP contribution in [0.1, 0.15) is 76.6 Å². The number of ether oxygens (including phenoxy) is 4. The molecule has 0 saturated carbocycles. The number of rotatable bonds is 21. The molecule has 346 valence electrons. The first-order chi connectivity index (χ1) is 30.8. The molecule has 0 aliphatic carbocycles. The van der Waals surface area contributed by atoms with E-state index >= 15 is 0 Å². The van der Waals surface area contributed by atoms with Crippen LogP contribution in [0.4, 0.5) is 14.4 Å². The molecule has 0 unspecified atom stereocenters. The van der Waals surface area contributed by atoms with Crippen molar-refractivity contribution in [3.8, 4) is 5.75 Å². The van der Waals surface area contributed by atoms with Crippen LogP contribution in [0, 0.1) is 5.92 Å². The number of hydrogen-bond donors (Lipinski definition) is 4. The maximum Gasteiger partial charge on any atom is 0.413 e. The number of esters is 1. The summed E-state index contributed by atoms with van der Waals surface area (Å²) in [6.07, 6.45) is -1.47. The van der Waals surface area contributed by atoms with Crippen LogP contribution in [0.5, 0.6) is 5.75 Å². The number of amides is 4. The minimum Gasteiger partial charge on any atom is -0.460 e. The Morgan fingerprint density at radius 2 is 1.17 bits per heavy atom. The summed E-state index contributed by atoms with van der Waals surface area (Å²) in [5.41, 5.74) is 7.90. The molecule has 0 bridgehead atoms. The third kappa shape index (κ3) is 16.5. The molecule has 0 heterocycles. The lowest BCUT2D eigenvalue weighted by molar-refractivity contribution is -0.144. The number of nitrogens with one attached hydrogen (secondary N) is 3. The van der Waals surface area contributed by atoms with Gasteiger partial charge in [-0.15, -0.1) is 11.8 Å². The van der Waals surface area contributed by atoms with Gasteiger partial charge in [0.15, 0.2) is 5.78 Å². The number of hydrogen-bond acceptors (Lipinski definition) is 11. The number of carbonyl (C=O) groups excluding carboxylic acids is 6. The molecule has 0 fully saturated rings. The van der Waals surface area contributed by atoms with Crippen molar-refractivity contribution < 1.29 is 47.7 Å².